The summed E-state index contributed by atoms with van der Waals surface area (Å²) in [5, 5.41) is 5.43. The molecule has 0 aromatic carbocycles. The van der Waals surface area contributed by atoms with E-state index in [0.717, 1.165) is 48.4 Å². The molecule has 6 heteroatoms. The molecule has 1 atom stereocenters. The number of hydrogen-bond acceptors (Lipinski definition) is 3. The Morgan fingerprint density at radius 1 is 1.42 bits per heavy atom. The third-order valence-corrected chi connectivity index (χ3v) is 4.81. The van der Waals surface area contributed by atoms with E-state index in [1.54, 1.807) is 12.4 Å². The number of fused-ring (bicyclic) bond motifs is 1. The van der Waals surface area contributed by atoms with Gasteiger partial charge in [0.2, 0.25) is 0 Å². The van der Waals surface area contributed by atoms with Gasteiger partial charge in [-0.05, 0) is 44.9 Å². The van der Waals surface area contributed by atoms with Crippen LogP contribution in [0.3, 0.4) is 0 Å². The van der Waals surface area contributed by atoms with E-state index in [1.807, 2.05) is 28.6 Å². The van der Waals surface area contributed by atoms with Gasteiger partial charge in [0, 0.05) is 30.0 Å². The van der Waals surface area contributed by atoms with Gasteiger partial charge in [-0.3, -0.25) is 9.48 Å². The zero-order valence-electron chi connectivity index (χ0n) is 14.0. The Morgan fingerprint density at radius 2 is 2.29 bits per heavy atom. The lowest BCUT2D eigenvalue weighted by atomic mass is 10.1. The minimum atomic E-state index is 0.0817. The smallest absolute Gasteiger partial charge is 0.256 e. The van der Waals surface area contributed by atoms with Crippen molar-refractivity contribution in [3.05, 3.63) is 47.5 Å². The van der Waals surface area contributed by atoms with Crippen LogP contribution in [0.5, 0.6) is 0 Å². The van der Waals surface area contributed by atoms with Crippen LogP contribution in [-0.4, -0.2) is 43.1 Å². The van der Waals surface area contributed by atoms with Crippen molar-refractivity contribution in [3.63, 3.8) is 0 Å². The van der Waals surface area contributed by atoms with Crippen LogP contribution in [0.2, 0.25) is 0 Å². The van der Waals surface area contributed by atoms with Gasteiger partial charge >= 0.3 is 0 Å². The first-order valence-electron chi connectivity index (χ1n) is 8.37. The minimum Gasteiger partial charge on any atom is -0.345 e. The largest absolute Gasteiger partial charge is 0.345 e. The van der Waals surface area contributed by atoms with E-state index in [2.05, 4.69) is 28.1 Å². The topological polar surface area (TPSA) is 66.8 Å². The number of aromatic amines is 1. The highest BCUT2D eigenvalue weighted by atomic mass is 16.2. The van der Waals surface area contributed by atoms with Crippen LogP contribution in [0.4, 0.5) is 0 Å². The maximum absolute atomic E-state index is 13.1. The molecule has 24 heavy (non-hydrogen) atoms. The summed E-state index contributed by atoms with van der Waals surface area (Å²) in [5.41, 5.74) is 3.63. The molecule has 3 aromatic rings. The van der Waals surface area contributed by atoms with Crippen LogP contribution < -0.4 is 0 Å². The molecule has 3 aromatic heterocycles. The summed E-state index contributed by atoms with van der Waals surface area (Å²) in [6.45, 7) is 5.62. The summed E-state index contributed by atoms with van der Waals surface area (Å²) < 4.78 is 2.02. The highest BCUT2D eigenvalue weighted by Gasteiger charge is 2.31. The first-order chi connectivity index (χ1) is 11.6. The Labute approximate surface area is 140 Å². The van der Waals surface area contributed by atoms with Crippen molar-refractivity contribution in [2.24, 2.45) is 0 Å². The van der Waals surface area contributed by atoms with Crippen molar-refractivity contribution in [2.75, 3.05) is 6.54 Å². The SMILES string of the molecule is Cc1cc(C)n(C[C@H]2CCCN2C(=O)c2c[nH]c3ncccc23)n1. The highest BCUT2D eigenvalue weighted by Crippen LogP contribution is 2.25. The Kier molecular flexibility index (Phi) is 3.59. The number of carbonyl (C=O) groups is 1. The monoisotopic (exact) mass is 323 g/mol. The summed E-state index contributed by atoms with van der Waals surface area (Å²) in [4.78, 5) is 22.4. The Morgan fingerprint density at radius 3 is 3.08 bits per heavy atom. The highest BCUT2D eigenvalue weighted by molar-refractivity contribution is 6.06. The molecule has 1 aliphatic heterocycles. The van der Waals surface area contributed by atoms with Gasteiger partial charge in [0.05, 0.1) is 23.8 Å². The van der Waals surface area contributed by atoms with Crippen molar-refractivity contribution >= 4 is 16.9 Å². The molecule has 6 nitrogen and oxygen atoms in total. The van der Waals surface area contributed by atoms with Crippen molar-refractivity contribution in [1.29, 1.82) is 0 Å². The molecule has 1 N–H and O–H groups in total. The number of H-pyrrole nitrogens is 1. The van der Waals surface area contributed by atoms with Gasteiger partial charge in [-0.2, -0.15) is 5.10 Å². The van der Waals surface area contributed by atoms with Gasteiger partial charge in [0.15, 0.2) is 0 Å². The molecular weight excluding hydrogens is 302 g/mol. The molecule has 0 unspecified atom stereocenters. The number of amides is 1. The van der Waals surface area contributed by atoms with Crippen LogP contribution in [0, 0.1) is 13.8 Å². The van der Waals surface area contributed by atoms with Crippen molar-refractivity contribution < 1.29 is 4.79 Å². The number of nitrogens with one attached hydrogen (secondary N) is 1. The number of hydrogen-bond donors (Lipinski definition) is 1. The third-order valence-electron chi connectivity index (χ3n) is 4.81. The summed E-state index contributed by atoms with van der Waals surface area (Å²) in [6.07, 6.45) is 5.56. The summed E-state index contributed by atoms with van der Waals surface area (Å²) in [7, 11) is 0. The van der Waals surface area contributed by atoms with E-state index in [1.165, 1.54) is 0 Å². The van der Waals surface area contributed by atoms with Gasteiger partial charge in [0.1, 0.15) is 5.65 Å². The number of aryl methyl sites for hydroxylation is 2. The molecule has 0 aliphatic carbocycles. The second-order valence-corrected chi connectivity index (χ2v) is 6.51. The molecule has 0 spiro atoms. The first kappa shape index (κ1) is 14.9. The minimum absolute atomic E-state index is 0.0817. The third kappa shape index (κ3) is 2.48. The fourth-order valence-corrected chi connectivity index (χ4v) is 3.64. The molecule has 124 valence electrons. The molecule has 1 fully saturated rings. The van der Waals surface area contributed by atoms with E-state index in [0.29, 0.717) is 5.56 Å². The van der Waals surface area contributed by atoms with E-state index in [4.69, 9.17) is 0 Å². The van der Waals surface area contributed by atoms with Gasteiger partial charge in [0.25, 0.3) is 5.91 Å². The lowest BCUT2D eigenvalue weighted by Crippen LogP contribution is -2.38. The summed E-state index contributed by atoms with van der Waals surface area (Å²) >= 11 is 0. The normalized spacial score (nSPS) is 17.8. The van der Waals surface area contributed by atoms with Gasteiger partial charge in [-0.25, -0.2) is 4.98 Å². The molecule has 1 aliphatic rings. The van der Waals surface area contributed by atoms with Crippen molar-refractivity contribution in [1.82, 2.24) is 24.6 Å². The lowest BCUT2D eigenvalue weighted by Gasteiger charge is -2.25. The molecule has 1 saturated heterocycles. The quantitative estimate of drug-likeness (QED) is 0.806. The molecule has 1 amide bonds. The number of likely N-dealkylation sites (tertiary alicyclic amines) is 1. The molecule has 0 saturated carbocycles. The Hall–Kier alpha value is -2.63. The van der Waals surface area contributed by atoms with Crippen molar-refractivity contribution in [3.8, 4) is 0 Å². The van der Waals surface area contributed by atoms with E-state index in [-0.39, 0.29) is 11.9 Å². The zero-order chi connectivity index (χ0) is 16.7. The van der Waals surface area contributed by atoms with Crippen LogP contribution in [0.1, 0.15) is 34.6 Å². The van der Waals surface area contributed by atoms with E-state index < -0.39 is 0 Å². The summed E-state index contributed by atoms with van der Waals surface area (Å²) in [6, 6.07) is 6.08. The number of aromatic nitrogens is 4. The second kappa shape index (κ2) is 5.78. The molecule has 0 bridgehead atoms. The van der Waals surface area contributed by atoms with Crippen molar-refractivity contribution in [2.45, 2.75) is 39.3 Å². The molecule has 0 radical (unpaired) electrons. The average molecular weight is 323 g/mol. The van der Waals surface area contributed by atoms with E-state index >= 15 is 0 Å². The Balaban J connectivity index is 1.60. The van der Waals surface area contributed by atoms with Crippen LogP contribution in [0.15, 0.2) is 30.6 Å². The zero-order valence-corrected chi connectivity index (χ0v) is 14.0. The van der Waals surface area contributed by atoms with Crippen LogP contribution in [0.25, 0.3) is 11.0 Å². The predicted molar refractivity (Wildman–Crippen MR) is 91.9 cm³/mol. The maximum atomic E-state index is 13.1. The second-order valence-electron chi connectivity index (χ2n) is 6.51. The van der Waals surface area contributed by atoms with Gasteiger partial charge < -0.3 is 9.88 Å². The van der Waals surface area contributed by atoms with Crippen LogP contribution in [-0.2, 0) is 6.54 Å². The maximum Gasteiger partial charge on any atom is 0.256 e. The number of rotatable bonds is 3. The first-order valence-corrected chi connectivity index (χ1v) is 8.37. The van der Waals surface area contributed by atoms with Gasteiger partial charge in [-0.15, -0.1) is 0 Å². The number of nitrogens with zero attached hydrogens (tertiary/aromatic N) is 4. The Bertz CT molecular complexity index is 894. The predicted octanol–water partition coefficient (Wildman–Crippen LogP) is 2.68. The fraction of sp³-hybridized carbons (Fsp3) is 0.389. The molecule has 4 rings (SSSR count). The number of pyridine rings is 1. The summed E-state index contributed by atoms with van der Waals surface area (Å²) in [5.74, 6) is 0.0817. The fourth-order valence-electron chi connectivity index (χ4n) is 3.64. The average Bonchev–Trinajstić information content (AvgIpc) is 3.26. The van der Waals surface area contributed by atoms with E-state index in [9.17, 15) is 4.79 Å². The molecule has 4 heterocycles. The molecular formula is C18H21N5O. The van der Waals surface area contributed by atoms with Crippen LogP contribution >= 0.6 is 0 Å². The lowest BCUT2D eigenvalue weighted by molar-refractivity contribution is 0.0723. The standard InChI is InChI=1S/C18H21N5O/c1-12-9-13(2)23(21-12)11-14-5-4-8-22(14)18(24)16-10-20-17-15(16)6-3-7-19-17/h3,6-7,9-10,14H,4-5,8,11H2,1-2H3,(H,19,20)/t14-/m1/s1. The number of carbonyl (C=O) groups excluding carboxylic acids is 1. The van der Waals surface area contributed by atoms with Gasteiger partial charge in [-0.1, -0.05) is 0 Å².